The van der Waals surface area contributed by atoms with Crippen LogP contribution in [0.2, 0.25) is 5.02 Å². The standard InChI is InChI=1S/C12H11ClN2O3/c1-17-15-12(16)7-10-6-11(18-14-10)8-2-4-9(13)5-3-8/h2-6H,7H2,1H3,(H,15,16). The summed E-state index contributed by atoms with van der Waals surface area (Å²) in [5.41, 5.74) is 3.60. The van der Waals surface area contributed by atoms with Gasteiger partial charge in [0, 0.05) is 16.7 Å². The Labute approximate surface area is 109 Å². The van der Waals surface area contributed by atoms with E-state index in [-0.39, 0.29) is 12.3 Å². The summed E-state index contributed by atoms with van der Waals surface area (Å²) < 4.78 is 5.16. The molecule has 1 amide bonds. The van der Waals surface area contributed by atoms with E-state index in [1.807, 2.05) is 12.1 Å². The Morgan fingerprint density at radius 3 is 2.83 bits per heavy atom. The quantitative estimate of drug-likeness (QED) is 0.862. The van der Waals surface area contributed by atoms with Crippen LogP contribution in [0.4, 0.5) is 0 Å². The van der Waals surface area contributed by atoms with Gasteiger partial charge in [-0.05, 0) is 24.3 Å². The van der Waals surface area contributed by atoms with Gasteiger partial charge in [-0.1, -0.05) is 16.8 Å². The summed E-state index contributed by atoms with van der Waals surface area (Å²) in [6.45, 7) is 0. The van der Waals surface area contributed by atoms with Crippen LogP contribution < -0.4 is 5.48 Å². The van der Waals surface area contributed by atoms with E-state index >= 15 is 0 Å². The van der Waals surface area contributed by atoms with Crippen molar-refractivity contribution in [3.8, 4) is 11.3 Å². The van der Waals surface area contributed by atoms with Gasteiger partial charge in [0.25, 0.3) is 0 Å². The Morgan fingerprint density at radius 1 is 1.44 bits per heavy atom. The van der Waals surface area contributed by atoms with Crippen molar-refractivity contribution >= 4 is 17.5 Å². The molecule has 0 aliphatic carbocycles. The number of halogens is 1. The molecule has 0 aliphatic rings. The predicted octanol–water partition coefficient (Wildman–Crippen LogP) is 2.22. The molecule has 2 rings (SSSR count). The molecule has 5 nitrogen and oxygen atoms in total. The summed E-state index contributed by atoms with van der Waals surface area (Å²) in [6.07, 6.45) is 0.102. The van der Waals surface area contributed by atoms with Crippen LogP contribution in [0.15, 0.2) is 34.9 Å². The Balaban J connectivity index is 2.10. The van der Waals surface area contributed by atoms with E-state index < -0.39 is 0 Å². The fourth-order valence-electron chi connectivity index (χ4n) is 1.46. The van der Waals surface area contributed by atoms with Crippen LogP contribution in [0, 0.1) is 0 Å². The van der Waals surface area contributed by atoms with Crippen molar-refractivity contribution < 1.29 is 14.2 Å². The first-order valence-electron chi connectivity index (χ1n) is 5.22. The first-order chi connectivity index (χ1) is 8.69. The van der Waals surface area contributed by atoms with E-state index in [2.05, 4.69) is 15.5 Å². The summed E-state index contributed by atoms with van der Waals surface area (Å²) in [5, 5.41) is 4.46. The molecule has 0 saturated heterocycles. The van der Waals surface area contributed by atoms with Gasteiger partial charge in [0.15, 0.2) is 5.76 Å². The Hall–Kier alpha value is -1.85. The minimum Gasteiger partial charge on any atom is -0.356 e. The van der Waals surface area contributed by atoms with Crippen LogP contribution in [0.3, 0.4) is 0 Å². The Morgan fingerprint density at radius 2 is 2.17 bits per heavy atom. The van der Waals surface area contributed by atoms with E-state index in [0.29, 0.717) is 16.5 Å². The van der Waals surface area contributed by atoms with E-state index in [1.54, 1.807) is 18.2 Å². The van der Waals surface area contributed by atoms with Gasteiger partial charge in [0.1, 0.15) is 0 Å². The Kier molecular flexibility index (Phi) is 3.96. The van der Waals surface area contributed by atoms with Crippen molar-refractivity contribution in [1.29, 1.82) is 0 Å². The molecule has 0 bridgehead atoms. The molecule has 18 heavy (non-hydrogen) atoms. The lowest BCUT2D eigenvalue weighted by Crippen LogP contribution is -2.23. The fourth-order valence-corrected chi connectivity index (χ4v) is 1.59. The van der Waals surface area contributed by atoms with Crippen LogP contribution in [0.1, 0.15) is 5.69 Å². The molecule has 0 spiro atoms. The summed E-state index contributed by atoms with van der Waals surface area (Å²) in [7, 11) is 1.37. The number of hydroxylamine groups is 1. The average Bonchev–Trinajstić information content (AvgIpc) is 2.78. The van der Waals surface area contributed by atoms with Crippen molar-refractivity contribution in [2.24, 2.45) is 0 Å². The van der Waals surface area contributed by atoms with Crippen molar-refractivity contribution in [2.75, 3.05) is 7.11 Å². The number of amides is 1. The molecule has 0 atom stereocenters. The van der Waals surface area contributed by atoms with E-state index in [1.165, 1.54) is 7.11 Å². The number of rotatable bonds is 4. The van der Waals surface area contributed by atoms with E-state index in [9.17, 15) is 4.79 Å². The van der Waals surface area contributed by atoms with Gasteiger partial charge in [0.2, 0.25) is 5.91 Å². The number of nitrogens with one attached hydrogen (secondary N) is 1. The molecular weight excluding hydrogens is 256 g/mol. The summed E-state index contributed by atoms with van der Waals surface area (Å²) in [5.74, 6) is 0.306. The number of nitrogens with zero attached hydrogens (tertiary/aromatic N) is 1. The minimum absolute atomic E-state index is 0.102. The third kappa shape index (κ3) is 3.09. The van der Waals surface area contributed by atoms with Gasteiger partial charge >= 0.3 is 0 Å². The molecule has 0 aliphatic heterocycles. The van der Waals surface area contributed by atoms with E-state index in [4.69, 9.17) is 16.1 Å². The van der Waals surface area contributed by atoms with Crippen LogP contribution in [0.25, 0.3) is 11.3 Å². The lowest BCUT2D eigenvalue weighted by Gasteiger charge is -1.97. The predicted molar refractivity (Wildman–Crippen MR) is 65.8 cm³/mol. The van der Waals surface area contributed by atoms with Gasteiger partial charge in [-0.3, -0.25) is 9.63 Å². The zero-order valence-electron chi connectivity index (χ0n) is 9.64. The molecule has 94 valence electrons. The van der Waals surface area contributed by atoms with Gasteiger partial charge in [-0.2, -0.15) is 0 Å². The second kappa shape index (κ2) is 5.66. The Bertz CT molecular complexity index is 537. The second-order valence-electron chi connectivity index (χ2n) is 3.60. The monoisotopic (exact) mass is 266 g/mol. The maximum absolute atomic E-state index is 11.3. The highest BCUT2D eigenvalue weighted by atomic mass is 35.5. The first-order valence-corrected chi connectivity index (χ1v) is 5.60. The fraction of sp³-hybridized carbons (Fsp3) is 0.167. The number of benzene rings is 1. The molecule has 1 N–H and O–H groups in total. The SMILES string of the molecule is CONC(=O)Cc1cc(-c2ccc(Cl)cc2)on1. The zero-order chi connectivity index (χ0) is 13.0. The van der Waals surface area contributed by atoms with Crippen LogP contribution >= 0.6 is 11.6 Å². The third-order valence-corrected chi connectivity index (χ3v) is 2.50. The van der Waals surface area contributed by atoms with Gasteiger partial charge in [-0.15, -0.1) is 0 Å². The summed E-state index contributed by atoms with van der Waals surface area (Å²) in [6, 6.07) is 8.87. The molecule has 0 radical (unpaired) electrons. The highest BCUT2D eigenvalue weighted by Gasteiger charge is 2.10. The van der Waals surface area contributed by atoms with Crippen LogP contribution in [-0.4, -0.2) is 18.2 Å². The second-order valence-corrected chi connectivity index (χ2v) is 4.03. The maximum Gasteiger partial charge on any atom is 0.249 e. The molecule has 0 unspecified atom stereocenters. The van der Waals surface area contributed by atoms with Crippen LogP contribution in [0.5, 0.6) is 0 Å². The van der Waals surface area contributed by atoms with Crippen molar-refractivity contribution in [3.63, 3.8) is 0 Å². The van der Waals surface area contributed by atoms with Crippen molar-refractivity contribution in [1.82, 2.24) is 10.6 Å². The topological polar surface area (TPSA) is 64.4 Å². The average molecular weight is 267 g/mol. The zero-order valence-corrected chi connectivity index (χ0v) is 10.4. The smallest absolute Gasteiger partial charge is 0.249 e. The highest BCUT2D eigenvalue weighted by Crippen LogP contribution is 2.22. The molecule has 1 aromatic carbocycles. The van der Waals surface area contributed by atoms with Crippen molar-refractivity contribution in [3.05, 3.63) is 41.0 Å². The molecule has 0 saturated carbocycles. The molecule has 1 aromatic heterocycles. The largest absolute Gasteiger partial charge is 0.356 e. The number of hydrogen-bond acceptors (Lipinski definition) is 4. The van der Waals surface area contributed by atoms with E-state index in [0.717, 1.165) is 5.56 Å². The van der Waals surface area contributed by atoms with Gasteiger partial charge < -0.3 is 4.52 Å². The molecule has 0 fully saturated rings. The summed E-state index contributed by atoms with van der Waals surface area (Å²) >= 11 is 5.79. The molecule has 2 aromatic rings. The summed E-state index contributed by atoms with van der Waals surface area (Å²) in [4.78, 5) is 15.8. The molecule has 6 heteroatoms. The number of hydrogen-bond donors (Lipinski definition) is 1. The van der Waals surface area contributed by atoms with Crippen LogP contribution in [-0.2, 0) is 16.1 Å². The molecule has 1 heterocycles. The third-order valence-electron chi connectivity index (χ3n) is 2.25. The lowest BCUT2D eigenvalue weighted by molar-refractivity contribution is -0.130. The number of aromatic nitrogens is 1. The first kappa shape index (κ1) is 12.6. The van der Waals surface area contributed by atoms with Gasteiger partial charge in [-0.25, -0.2) is 5.48 Å². The minimum atomic E-state index is -0.284. The van der Waals surface area contributed by atoms with Gasteiger partial charge in [0.05, 0.1) is 19.2 Å². The number of carbonyl (C=O) groups is 1. The lowest BCUT2D eigenvalue weighted by atomic mass is 10.1. The van der Waals surface area contributed by atoms with Crippen molar-refractivity contribution in [2.45, 2.75) is 6.42 Å². The highest BCUT2D eigenvalue weighted by molar-refractivity contribution is 6.30. The number of carbonyl (C=O) groups excluding carboxylic acids is 1. The maximum atomic E-state index is 11.3. The normalized spacial score (nSPS) is 10.3. The molecular formula is C12H11ClN2O3.